The largest absolute Gasteiger partial charge is 0.543 e. The van der Waals surface area contributed by atoms with Gasteiger partial charge in [-0.15, -0.1) is 17.9 Å². The molecule has 0 spiro atoms. The smallest absolute Gasteiger partial charge is 0.414 e. The molecular weight excluding hydrogens is 430 g/mol. The Labute approximate surface area is 190 Å². The molecule has 0 saturated heterocycles. The van der Waals surface area contributed by atoms with Gasteiger partial charge in [-0.1, -0.05) is 26.8 Å². The van der Waals surface area contributed by atoms with Crippen LogP contribution in [0.25, 0.3) is 10.1 Å². The van der Waals surface area contributed by atoms with Crippen molar-refractivity contribution in [2.75, 3.05) is 32.8 Å². The summed E-state index contributed by atoms with van der Waals surface area (Å²) in [4.78, 5) is 14.2. The SMILES string of the molecule is C=CCN(C(=O)OC)c1cc2sccc2c(O[Si](C)(C)C(C)(C)C)c1CC(OC)OC. The maximum atomic E-state index is 12.7. The molecule has 1 aromatic heterocycles. The van der Waals surface area contributed by atoms with E-state index in [1.54, 1.807) is 36.5 Å². The minimum Gasteiger partial charge on any atom is -0.543 e. The first-order chi connectivity index (χ1) is 14.5. The van der Waals surface area contributed by atoms with Gasteiger partial charge in [0.05, 0.1) is 12.8 Å². The fourth-order valence-electron chi connectivity index (χ4n) is 3.01. The lowest BCUT2D eigenvalue weighted by molar-refractivity contribution is -0.100. The maximum absolute atomic E-state index is 12.7. The lowest BCUT2D eigenvalue weighted by atomic mass is 10.0. The van der Waals surface area contributed by atoms with E-state index in [1.165, 1.54) is 7.11 Å². The summed E-state index contributed by atoms with van der Waals surface area (Å²) in [7, 11) is 2.40. The summed E-state index contributed by atoms with van der Waals surface area (Å²) >= 11 is 1.61. The van der Waals surface area contributed by atoms with E-state index >= 15 is 0 Å². The van der Waals surface area contributed by atoms with Gasteiger partial charge in [0.15, 0.2) is 6.29 Å². The van der Waals surface area contributed by atoms with Gasteiger partial charge in [0.25, 0.3) is 8.32 Å². The highest BCUT2D eigenvalue weighted by atomic mass is 32.1. The van der Waals surface area contributed by atoms with Crippen molar-refractivity contribution >= 4 is 41.5 Å². The van der Waals surface area contributed by atoms with Crippen LogP contribution in [-0.4, -0.2) is 48.6 Å². The topological polar surface area (TPSA) is 57.2 Å². The Morgan fingerprint density at radius 3 is 2.42 bits per heavy atom. The highest BCUT2D eigenvalue weighted by Gasteiger charge is 2.40. The van der Waals surface area contributed by atoms with Crippen molar-refractivity contribution in [3.8, 4) is 5.75 Å². The second-order valence-corrected chi connectivity index (χ2v) is 14.5. The normalized spacial score (nSPS) is 12.3. The van der Waals surface area contributed by atoms with Gasteiger partial charge in [0.1, 0.15) is 5.75 Å². The average Bonchev–Trinajstić information content (AvgIpc) is 3.18. The molecule has 1 aromatic carbocycles. The average molecular weight is 466 g/mol. The Morgan fingerprint density at radius 1 is 1.26 bits per heavy atom. The standard InChI is InChI=1S/C23H35NO5SSi/c1-10-12-24(22(25)28-7)18-15-19-16(11-13-30-19)21(17(18)14-20(26-5)27-6)29-31(8,9)23(2,3)4/h10-11,13,15,20H,1,12,14H2,2-9H3. The number of anilines is 1. The molecule has 0 N–H and O–H groups in total. The van der Waals surface area contributed by atoms with Crippen LogP contribution in [0.4, 0.5) is 10.5 Å². The molecule has 0 atom stereocenters. The van der Waals surface area contributed by atoms with Crippen molar-refractivity contribution in [1.29, 1.82) is 0 Å². The highest BCUT2D eigenvalue weighted by Crippen LogP contribution is 2.45. The molecule has 0 unspecified atom stereocenters. The Morgan fingerprint density at radius 2 is 1.90 bits per heavy atom. The van der Waals surface area contributed by atoms with Gasteiger partial charge < -0.3 is 18.6 Å². The summed E-state index contributed by atoms with van der Waals surface area (Å²) in [5, 5.41) is 3.08. The number of amides is 1. The quantitative estimate of drug-likeness (QED) is 0.250. The summed E-state index contributed by atoms with van der Waals surface area (Å²) < 4.78 is 24.0. The van der Waals surface area contributed by atoms with Gasteiger partial charge in [-0.2, -0.15) is 0 Å². The Hall–Kier alpha value is -1.87. The minimum absolute atomic E-state index is 0.00763. The molecule has 2 rings (SSSR count). The lowest BCUT2D eigenvalue weighted by Gasteiger charge is -2.38. The number of carbonyl (C=O) groups is 1. The van der Waals surface area contributed by atoms with E-state index in [2.05, 4.69) is 46.5 Å². The molecule has 0 bridgehead atoms. The number of ether oxygens (including phenoxy) is 3. The first-order valence-electron chi connectivity index (χ1n) is 10.2. The van der Waals surface area contributed by atoms with E-state index in [-0.39, 0.29) is 5.04 Å². The summed E-state index contributed by atoms with van der Waals surface area (Å²) in [5.41, 5.74) is 1.58. The van der Waals surface area contributed by atoms with Crippen LogP contribution in [0.3, 0.4) is 0 Å². The number of carbonyl (C=O) groups excluding carboxylic acids is 1. The number of thiophene rings is 1. The second kappa shape index (κ2) is 10.2. The van der Waals surface area contributed by atoms with Gasteiger partial charge >= 0.3 is 6.09 Å². The van der Waals surface area contributed by atoms with E-state index in [0.717, 1.165) is 27.1 Å². The first-order valence-corrected chi connectivity index (χ1v) is 14.0. The minimum atomic E-state index is -2.18. The number of hydrogen-bond donors (Lipinski definition) is 0. The third-order valence-corrected chi connectivity index (χ3v) is 11.0. The number of rotatable bonds is 9. The molecule has 0 fully saturated rings. The van der Waals surface area contributed by atoms with E-state index in [4.69, 9.17) is 18.6 Å². The van der Waals surface area contributed by atoms with Crippen molar-refractivity contribution in [3.63, 3.8) is 0 Å². The maximum Gasteiger partial charge on any atom is 0.414 e. The third-order valence-electron chi connectivity index (χ3n) is 5.85. The van der Waals surface area contributed by atoms with Crippen molar-refractivity contribution < 1.29 is 23.4 Å². The zero-order valence-electron chi connectivity index (χ0n) is 19.9. The van der Waals surface area contributed by atoms with Crippen molar-refractivity contribution in [3.05, 3.63) is 35.7 Å². The predicted octanol–water partition coefficient (Wildman–Crippen LogP) is 6.21. The molecule has 0 aliphatic heterocycles. The van der Waals surface area contributed by atoms with Gasteiger partial charge in [0, 0.05) is 42.8 Å². The van der Waals surface area contributed by atoms with Crippen LogP contribution < -0.4 is 9.33 Å². The summed E-state index contributed by atoms with van der Waals surface area (Å²) in [5.74, 6) is 0.789. The molecule has 8 heteroatoms. The Kier molecular flexibility index (Phi) is 8.32. The predicted molar refractivity (Wildman–Crippen MR) is 131 cm³/mol. The number of benzene rings is 1. The molecule has 1 amide bonds. The molecule has 31 heavy (non-hydrogen) atoms. The molecular formula is C23H35NO5SSi. The molecule has 172 valence electrons. The molecule has 1 heterocycles. The lowest BCUT2D eigenvalue weighted by Crippen LogP contribution is -2.44. The summed E-state index contributed by atoms with van der Waals surface area (Å²) in [6.45, 7) is 15.2. The number of hydrogen-bond acceptors (Lipinski definition) is 6. The van der Waals surface area contributed by atoms with Crippen LogP contribution in [0, 0.1) is 0 Å². The van der Waals surface area contributed by atoms with E-state index in [0.29, 0.717) is 13.0 Å². The van der Waals surface area contributed by atoms with Crippen LogP contribution in [0.5, 0.6) is 5.75 Å². The van der Waals surface area contributed by atoms with Crippen molar-refractivity contribution in [2.24, 2.45) is 0 Å². The van der Waals surface area contributed by atoms with Gasteiger partial charge in [0.2, 0.25) is 0 Å². The molecule has 6 nitrogen and oxygen atoms in total. The van der Waals surface area contributed by atoms with Crippen LogP contribution in [0.15, 0.2) is 30.2 Å². The molecule has 2 aromatic rings. The molecule has 0 aliphatic carbocycles. The summed E-state index contributed by atoms with van der Waals surface area (Å²) in [6, 6.07) is 4.08. The molecule has 0 aliphatic rings. The van der Waals surface area contributed by atoms with E-state index in [9.17, 15) is 4.79 Å². The van der Waals surface area contributed by atoms with Crippen LogP contribution in [0.2, 0.25) is 18.1 Å². The zero-order chi connectivity index (χ0) is 23.4. The zero-order valence-corrected chi connectivity index (χ0v) is 21.7. The number of nitrogens with zero attached hydrogens (tertiary/aromatic N) is 1. The van der Waals surface area contributed by atoms with Crippen LogP contribution in [-0.2, 0) is 20.6 Å². The second-order valence-electron chi connectivity index (χ2n) is 8.87. The number of fused-ring (bicyclic) bond motifs is 1. The van der Waals surface area contributed by atoms with E-state index < -0.39 is 20.7 Å². The van der Waals surface area contributed by atoms with E-state index in [1.807, 2.05) is 11.4 Å². The van der Waals surface area contributed by atoms with Crippen LogP contribution >= 0.6 is 11.3 Å². The van der Waals surface area contributed by atoms with Gasteiger partial charge in [-0.05, 0) is 35.6 Å². The third kappa shape index (κ3) is 5.49. The summed E-state index contributed by atoms with van der Waals surface area (Å²) in [6.07, 6.45) is 1.15. The van der Waals surface area contributed by atoms with Gasteiger partial charge in [-0.3, -0.25) is 4.90 Å². The molecule has 0 saturated carbocycles. The van der Waals surface area contributed by atoms with Gasteiger partial charge in [-0.25, -0.2) is 4.79 Å². The van der Waals surface area contributed by atoms with Crippen molar-refractivity contribution in [1.82, 2.24) is 0 Å². The monoisotopic (exact) mass is 465 g/mol. The highest BCUT2D eigenvalue weighted by molar-refractivity contribution is 7.17. The van der Waals surface area contributed by atoms with Crippen molar-refractivity contribution in [2.45, 2.75) is 51.6 Å². The first kappa shape index (κ1) is 25.4. The number of methoxy groups -OCH3 is 3. The molecule has 0 radical (unpaired) electrons. The Bertz CT molecular complexity index is 915. The fraction of sp³-hybridized carbons (Fsp3) is 0.522. The van der Waals surface area contributed by atoms with Crippen LogP contribution in [0.1, 0.15) is 26.3 Å². The fourth-order valence-corrected chi connectivity index (χ4v) is 4.88. The Balaban J connectivity index is 2.83.